The van der Waals surface area contributed by atoms with Crippen molar-refractivity contribution in [3.8, 4) is 0 Å². The maximum absolute atomic E-state index is 12.7. The fourth-order valence-corrected chi connectivity index (χ4v) is 3.34. The molecule has 0 aliphatic heterocycles. The lowest BCUT2D eigenvalue weighted by Gasteiger charge is -2.19. The van der Waals surface area contributed by atoms with Crippen molar-refractivity contribution in [1.29, 1.82) is 0 Å². The van der Waals surface area contributed by atoms with Crippen molar-refractivity contribution in [2.45, 2.75) is 33.3 Å². The van der Waals surface area contributed by atoms with E-state index in [0.717, 1.165) is 16.3 Å². The second-order valence-corrected chi connectivity index (χ2v) is 9.03. The summed E-state index contributed by atoms with van der Waals surface area (Å²) in [4.78, 5) is 48.6. The highest BCUT2D eigenvalue weighted by Crippen LogP contribution is 2.22. The highest BCUT2D eigenvalue weighted by Gasteiger charge is 2.18. The summed E-state index contributed by atoms with van der Waals surface area (Å²) >= 11 is 0. The predicted octanol–water partition coefficient (Wildman–Crippen LogP) is 4.75. The number of benzene rings is 3. The van der Waals surface area contributed by atoms with E-state index in [-0.39, 0.29) is 16.8 Å². The second kappa shape index (κ2) is 10.7. The number of hydrogen-bond donors (Lipinski definition) is 4. The zero-order valence-corrected chi connectivity index (χ0v) is 20.3. The summed E-state index contributed by atoms with van der Waals surface area (Å²) in [6.07, 6.45) is 0.493. The van der Waals surface area contributed by atoms with Crippen LogP contribution in [-0.4, -0.2) is 34.6 Å². The Morgan fingerprint density at radius 3 is 2.19 bits per heavy atom. The van der Waals surface area contributed by atoms with Crippen LogP contribution in [0.3, 0.4) is 0 Å². The van der Waals surface area contributed by atoms with Crippen LogP contribution in [0, 0.1) is 0 Å². The van der Waals surface area contributed by atoms with E-state index in [1.54, 1.807) is 27.7 Å². The van der Waals surface area contributed by atoms with Crippen molar-refractivity contribution >= 4 is 45.9 Å². The quantitative estimate of drug-likeness (QED) is 0.302. The van der Waals surface area contributed by atoms with Gasteiger partial charge in [-0.2, -0.15) is 0 Å². The largest absolute Gasteiger partial charge is 0.478 e. The first-order valence-electron chi connectivity index (χ1n) is 11.1. The lowest BCUT2D eigenvalue weighted by molar-refractivity contribution is -0.111. The van der Waals surface area contributed by atoms with Gasteiger partial charge in [-0.05, 0) is 73.9 Å². The number of ether oxygens (including phenoxy) is 1. The zero-order valence-electron chi connectivity index (χ0n) is 20.3. The Labute approximate surface area is 208 Å². The van der Waals surface area contributed by atoms with Gasteiger partial charge < -0.3 is 15.2 Å². The van der Waals surface area contributed by atoms with E-state index in [1.807, 2.05) is 42.5 Å². The third-order valence-electron chi connectivity index (χ3n) is 5.00. The van der Waals surface area contributed by atoms with Gasteiger partial charge in [-0.15, -0.1) is 0 Å². The number of nitrogens with one attached hydrogen (secondary N) is 3. The molecule has 3 aromatic carbocycles. The number of rotatable bonds is 5. The molecule has 0 aliphatic rings. The summed E-state index contributed by atoms with van der Waals surface area (Å²) in [5, 5.41) is 14.1. The topological polar surface area (TPSA) is 134 Å². The summed E-state index contributed by atoms with van der Waals surface area (Å²) < 4.78 is 5.04. The molecule has 0 saturated heterocycles. The molecule has 0 saturated carbocycles. The van der Waals surface area contributed by atoms with Gasteiger partial charge in [0.1, 0.15) is 5.60 Å². The standard InChI is InChI=1S/C27H27N3O6/c1-16(18-10-9-17-7-5-6-8-19(17)14-18)13-23(31)28-22-15-20(11-12-21(22)25(33)34)24(32)29-30-26(35)36-27(2,3)4/h5-15H,1-4H3,(H,28,31)(H,29,32)(H,30,35)(H,33,34). The van der Waals surface area contributed by atoms with Gasteiger partial charge in [0.15, 0.2) is 0 Å². The van der Waals surface area contributed by atoms with Crippen molar-refractivity contribution in [1.82, 2.24) is 10.9 Å². The minimum atomic E-state index is -1.28. The van der Waals surface area contributed by atoms with Crippen LogP contribution in [0.1, 0.15) is 54.0 Å². The molecule has 3 rings (SSSR count). The number of anilines is 1. The SMILES string of the molecule is CC(=CC(=O)Nc1cc(C(=O)NNC(=O)OC(C)(C)C)ccc1C(=O)O)c1ccc2ccccc2c1. The highest BCUT2D eigenvalue weighted by atomic mass is 16.6. The number of amides is 3. The molecule has 0 aliphatic carbocycles. The highest BCUT2D eigenvalue weighted by molar-refractivity contribution is 6.08. The number of carbonyl (C=O) groups excluding carboxylic acids is 3. The third kappa shape index (κ3) is 6.92. The Bertz CT molecular complexity index is 1370. The molecule has 0 radical (unpaired) electrons. The third-order valence-corrected chi connectivity index (χ3v) is 5.00. The molecular formula is C27H27N3O6. The number of carboxylic acid groups (broad SMARTS) is 1. The van der Waals surface area contributed by atoms with E-state index >= 15 is 0 Å². The van der Waals surface area contributed by atoms with E-state index in [0.29, 0.717) is 5.57 Å². The Morgan fingerprint density at radius 1 is 0.861 bits per heavy atom. The molecule has 0 fully saturated rings. The van der Waals surface area contributed by atoms with Gasteiger partial charge in [0.25, 0.3) is 5.91 Å². The fourth-order valence-electron chi connectivity index (χ4n) is 3.34. The molecule has 0 bridgehead atoms. The van der Waals surface area contributed by atoms with E-state index in [9.17, 15) is 24.3 Å². The van der Waals surface area contributed by atoms with Gasteiger partial charge in [0, 0.05) is 11.6 Å². The first kappa shape index (κ1) is 26.0. The average Bonchev–Trinajstić information content (AvgIpc) is 2.80. The van der Waals surface area contributed by atoms with Crippen molar-refractivity contribution in [2.75, 3.05) is 5.32 Å². The van der Waals surface area contributed by atoms with Crippen LogP contribution in [0.2, 0.25) is 0 Å². The Morgan fingerprint density at radius 2 is 1.53 bits per heavy atom. The van der Waals surface area contributed by atoms with Crippen LogP contribution in [0.25, 0.3) is 16.3 Å². The summed E-state index contributed by atoms with van der Waals surface area (Å²) in [7, 11) is 0. The minimum Gasteiger partial charge on any atom is -0.478 e. The van der Waals surface area contributed by atoms with Crippen molar-refractivity contribution in [3.63, 3.8) is 0 Å². The molecule has 0 aromatic heterocycles. The van der Waals surface area contributed by atoms with Crippen molar-refractivity contribution in [3.05, 3.63) is 83.4 Å². The lowest BCUT2D eigenvalue weighted by atomic mass is 10.0. The van der Waals surface area contributed by atoms with Crippen molar-refractivity contribution in [2.24, 2.45) is 0 Å². The first-order chi connectivity index (χ1) is 16.9. The van der Waals surface area contributed by atoms with E-state index in [4.69, 9.17) is 4.74 Å². The Balaban J connectivity index is 1.77. The van der Waals surface area contributed by atoms with Crippen LogP contribution < -0.4 is 16.2 Å². The molecule has 36 heavy (non-hydrogen) atoms. The number of carboxylic acids is 1. The number of aromatic carboxylic acids is 1. The average molecular weight is 490 g/mol. The molecule has 3 amide bonds. The minimum absolute atomic E-state index is 0.0154. The summed E-state index contributed by atoms with van der Waals surface area (Å²) in [6.45, 7) is 6.78. The predicted molar refractivity (Wildman–Crippen MR) is 136 cm³/mol. The van der Waals surface area contributed by atoms with Gasteiger partial charge in [0.05, 0.1) is 11.3 Å². The number of fused-ring (bicyclic) bond motifs is 1. The molecule has 186 valence electrons. The molecule has 0 atom stereocenters. The molecule has 0 unspecified atom stereocenters. The number of hydrogen-bond acceptors (Lipinski definition) is 5. The van der Waals surface area contributed by atoms with E-state index < -0.39 is 29.5 Å². The zero-order chi connectivity index (χ0) is 26.5. The van der Waals surface area contributed by atoms with Gasteiger partial charge in [-0.25, -0.2) is 15.0 Å². The maximum Gasteiger partial charge on any atom is 0.426 e. The number of carbonyl (C=O) groups is 4. The molecule has 4 N–H and O–H groups in total. The Hall–Kier alpha value is -4.66. The van der Waals surface area contributed by atoms with Gasteiger partial charge >= 0.3 is 12.1 Å². The summed E-state index contributed by atoms with van der Waals surface area (Å²) in [6, 6.07) is 17.3. The summed E-state index contributed by atoms with van der Waals surface area (Å²) in [5.74, 6) is -2.57. The van der Waals surface area contributed by atoms with Gasteiger partial charge in [0.2, 0.25) is 5.91 Å². The maximum atomic E-state index is 12.7. The molecule has 3 aromatic rings. The number of allylic oxidation sites excluding steroid dienone is 1. The van der Waals surface area contributed by atoms with E-state index in [1.165, 1.54) is 24.3 Å². The van der Waals surface area contributed by atoms with Crippen LogP contribution in [-0.2, 0) is 9.53 Å². The second-order valence-electron chi connectivity index (χ2n) is 9.03. The molecule has 0 spiro atoms. The summed E-state index contributed by atoms with van der Waals surface area (Å²) in [5.41, 5.74) is 4.80. The van der Waals surface area contributed by atoms with Gasteiger partial charge in [-0.3, -0.25) is 15.0 Å². The normalized spacial score (nSPS) is 11.5. The van der Waals surface area contributed by atoms with Gasteiger partial charge in [-0.1, -0.05) is 36.4 Å². The van der Waals surface area contributed by atoms with Crippen LogP contribution in [0.5, 0.6) is 0 Å². The monoisotopic (exact) mass is 489 g/mol. The van der Waals surface area contributed by atoms with Crippen LogP contribution in [0.15, 0.2) is 66.7 Å². The smallest absolute Gasteiger partial charge is 0.426 e. The van der Waals surface area contributed by atoms with Crippen LogP contribution >= 0.6 is 0 Å². The number of hydrazine groups is 1. The molecule has 0 heterocycles. The molecule has 9 nitrogen and oxygen atoms in total. The fraction of sp³-hybridized carbons (Fsp3) is 0.185. The van der Waals surface area contributed by atoms with Crippen molar-refractivity contribution < 1.29 is 29.0 Å². The first-order valence-corrected chi connectivity index (χ1v) is 11.1. The molecule has 9 heteroatoms. The van der Waals surface area contributed by atoms with Crippen LogP contribution in [0.4, 0.5) is 10.5 Å². The lowest BCUT2D eigenvalue weighted by Crippen LogP contribution is -2.44. The molecular weight excluding hydrogens is 462 g/mol. The Kier molecular flexibility index (Phi) is 7.73. The van der Waals surface area contributed by atoms with E-state index in [2.05, 4.69) is 16.2 Å².